The number of morpholine rings is 1. The van der Waals surface area contributed by atoms with Crippen LogP contribution in [0.25, 0.3) is 16.7 Å². The molecule has 0 unspecified atom stereocenters. The number of anilines is 1. The van der Waals surface area contributed by atoms with Crippen LogP contribution in [0.1, 0.15) is 46.7 Å². The molecule has 0 bridgehead atoms. The first kappa shape index (κ1) is 23.0. The molecule has 4 heterocycles. The zero-order chi connectivity index (χ0) is 24.7. The summed E-state index contributed by atoms with van der Waals surface area (Å²) in [6.07, 6.45) is -1.60. The molecule has 1 saturated heterocycles. The van der Waals surface area contributed by atoms with Crippen molar-refractivity contribution < 1.29 is 22.7 Å². The molecule has 1 aromatic carbocycles. The molecule has 1 aliphatic heterocycles. The lowest BCUT2D eigenvalue weighted by atomic mass is 10.0. The van der Waals surface area contributed by atoms with Crippen LogP contribution in [0.3, 0.4) is 0 Å². The summed E-state index contributed by atoms with van der Waals surface area (Å²) in [5.74, 6) is -0.490. The highest BCUT2D eigenvalue weighted by atomic mass is 19.3. The van der Waals surface area contributed by atoms with E-state index in [2.05, 4.69) is 25.4 Å². The summed E-state index contributed by atoms with van der Waals surface area (Å²) < 4.78 is 48.0. The predicted octanol–water partition coefficient (Wildman–Crippen LogP) is 3.70. The van der Waals surface area contributed by atoms with Crippen LogP contribution in [-0.4, -0.2) is 61.7 Å². The van der Waals surface area contributed by atoms with Gasteiger partial charge in [-0.15, -0.1) is 0 Å². The fraction of sp³-hybridized carbons (Fsp3) is 0.348. The van der Waals surface area contributed by atoms with E-state index in [1.54, 1.807) is 24.8 Å². The summed E-state index contributed by atoms with van der Waals surface area (Å²) in [6, 6.07) is 4.82. The summed E-state index contributed by atoms with van der Waals surface area (Å²) in [5.41, 5.74) is 0.467. The van der Waals surface area contributed by atoms with Gasteiger partial charge in [-0.05, 0) is 19.9 Å². The van der Waals surface area contributed by atoms with Crippen molar-refractivity contribution in [3.8, 4) is 0 Å². The number of ether oxygens (including phenoxy) is 1. The van der Waals surface area contributed by atoms with Crippen LogP contribution >= 0.6 is 0 Å². The molecule has 9 nitrogen and oxygen atoms in total. The molecule has 182 valence electrons. The number of fused-ring (bicyclic) bond motifs is 3. The van der Waals surface area contributed by atoms with Crippen LogP contribution in [0.2, 0.25) is 0 Å². The van der Waals surface area contributed by atoms with E-state index in [0.29, 0.717) is 60.2 Å². The van der Waals surface area contributed by atoms with Gasteiger partial charge in [-0.25, -0.2) is 28.1 Å². The molecule has 1 N–H and O–H groups in total. The molecule has 4 aromatic rings. The first-order chi connectivity index (χ1) is 16.8. The fourth-order valence-electron chi connectivity index (χ4n) is 4.21. The van der Waals surface area contributed by atoms with Crippen molar-refractivity contribution in [2.24, 2.45) is 0 Å². The fourth-order valence-corrected chi connectivity index (χ4v) is 4.21. The molecule has 12 heteroatoms. The number of aromatic nitrogens is 5. The molecular formula is C23H22F3N7O2. The normalized spacial score (nSPS) is 15.2. The number of benzene rings is 1. The van der Waals surface area contributed by atoms with E-state index < -0.39 is 23.8 Å². The van der Waals surface area contributed by atoms with E-state index >= 15 is 0 Å². The number of halogens is 3. The number of nitrogens with zero attached hydrogens (tertiary/aromatic N) is 6. The van der Waals surface area contributed by atoms with Crippen LogP contribution in [0.4, 0.5) is 19.0 Å². The standard InChI is InChI=1S/C23H22F3N7O2/c1-12(14-4-3-5-15(18(14)24)19(25)26)29-20-16-10-17(23(34)32-6-8-35-9-7-32)21-27-11-28-33(21)22(16)31-13(2)30-20/h3-5,10-12,19H,6-9H2,1-2H3,(H,29,30,31)/t12-/m1/s1. The average Bonchev–Trinajstić information content (AvgIpc) is 3.34. The molecule has 0 saturated carbocycles. The monoisotopic (exact) mass is 485 g/mol. The van der Waals surface area contributed by atoms with Gasteiger partial charge in [0.15, 0.2) is 11.3 Å². The number of aryl methyl sites for hydroxylation is 1. The van der Waals surface area contributed by atoms with Crippen molar-refractivity contribution in [3.05, 3.63) is 58.9 Å². The number of hydrogen-bond acceptors (Lipinski definition) is 7. The largest absolute Gasteiger partial charge is 0.378 e. The predicted molar refractivity (Wildman–Crippen MR) is 121 cm³/mol. The number of rotatable bonds is 5. The maximum absolute atomic E-state index is 14.8. The van der Waals surface area contributed by atoms with Gasteiger partial charge in [0.2, 0.25) is 0 Å². The summed E-state index contributed by atoms with van der Waals surface area (Å²) in [5, 5.41) is 7.82. The van der Waals surface area contributed by atoms with Gasteiger partial charge in [-0.3, -0.25) is 4.79 Å². The minimum Gasteiger partial charge on any atom is -0.378 e. The molecule has 3 aromatic heterocycles. The van der Waals surface area contributed by atoms with Gasteiger partial charge in [0, 0.05) is 18.7 Å². The van der Waals surface area contributed by atoms with Crippen LogP contribution in [-0.2, 0) is 4.74 Å². The number of carbonyl (C=O) groups is 1. The number of nitrogens with one attached hydrogen (secondary N) is 1. The first-order valence-corrected chi connectivity index (χ1v) is 11.1. The van der Waals surface area contributed by atoms with Gasteiger partial charge in [0.05, 0.1) is 35.8 Å². The molecule has 0 radical (unpaired) electrons. The molecular weight excluding hydrogens is 463 g/mol. The quantitative estimate of drug-likeness (QED) is 0.460. The van der Waals surface area contributed by atoms with Crippen molar-refractivity contribution in [1.29, 1.82) is 0 Å². The van der Waals surface area contributed by atoms with E-state index in [1.807, 2.05) is 0 Å². The van der Waals surface area contributed by atoms with Gasteiger partial charge in [0.1, 0.15) is 23.8 Å². The average molecular weight is 485 g/mol. The Bertz CT molecular complexity index is 1420. The van der Waals surface area contributed by atoms with E-state index in [-0.39, 0.29) is 11.5 Å². The smallest absolute Gasteiger partial charge is 0.266 e. The lowest BCUT2D eigenvalue weighted by Crippen LogP contribution is -2.40. The van der Waals surface area contributed by atoms with Gasteiger partial charge in [-0.2, -0.15) is 9.61 Å². The van der Waals surface area contributed by atoms with E-state index in [0.717, 1.165) is 6.07 Å². The highest BCUT2D eigenvalue weighted by molar-refractivity contribution is 6.04. The second kappa shape index (κ2) is 9.10. The van der Waals surface area contributed by atoms with E-state index in [4.69, 9.17) is 4.74 Å². The van der Waals surface area contributed by atoms with Gasteiger partial charge < -0.3 is 15.0 Å². The van der Waals surface area contributed by atoms with Gasteiger partial charge >= 0.3 is 0 Å². The molecule has 1 atom stereocenters. The summed E-state index contributed by atoms with van der Waals surface area (Å²) >= 11 is 0. The summed E-state index contributed by atoms with van der Waals surface area (Å²) in [7, 11) is 0. The van der Waals surface area contributed by atoms with Crippen LogP contribution in [0.15, 0.2) is 30.6 Å². The second-order valence-electron chi connectivity index (χ2n) is 8.23. The van der Waals surface area contributed by atoms with Crippen molar-refractivity contribution in [2.45, 2.75) is 26.3 Å². The second-order valence-corrected chi connectivity index (χ2v) is 8.23. The van der Waals surface area contributed by atoms with E-state index in [1.165, 1.54) is 23.0 Å². The Hall–Kier alpha value is -3.80. The van der Waals surface area contributed by atoms with Crippen LogP contribution in [0.5, 0.6) is 0 Å². The van der Waals surface area contributed by atoms with E-state index in [9.17, 15) is 18.0 Å². The Morgan fingerprint density at radius 1 is 1.14 bits per heavy atom. The summed E-state index contributed by atoms with van der Waals surface area (Å²) in [6.45, 7) is 5.11. The number of amides is 1. The van der Waals surface area contributed by atoms with Crippen LogP contribution in [0, 0.1) is 12.7 Å². The highest BCUT2D eigenvalue weighted by Gasteiger charge is 2.25. The van der Waals surface area contributed by atoms with Crippen molar-refractivity contribution >= 4 is 28.4 Å². The lowest BCUT2D eigenvalue weighted by molar-refractivity contribution is 0.0304. The number of carbonyl (C=O) groups excluding carboxylic acids is 1. The third-order valence-corrected chi connectivity index (χ3v) is 5.96. The Labute approximate surface area is 197 Å². The third-order valence-electron chi connectivity index (χ3n) is 5.96. The van der Waals surface area contributed by atoms with Crippen molar-refractivity contribution in [2.75, 3.05) is 31.6 Å². The molecule has 35 heavy (non-hydrogen) atoms. The SMILES string of the molecule is Cc1nc(N[C@H](C)c2cccc(C(F)F)c2F)c2cc(C(=O)N3CCOCC3)c3ncnn3c2n1. The topological polar surface area (TPSA) is 97.5 Å². The van der Waals surface area contributed by atoms with Crippen molar-refractivity contribution in [3.63, 3.8) is 0 Å². The molecule has 0 aliphatic carbocycles. The maximum Gasteiger partial charge on any atom is 0.266 e. The minimum atomic E-state index is -2.93. The first-order valence-electron chi connectivity index (χ1n) is 11.1. The van der Waals surface area contributed by atoms with Crippen LogP contribution < -0.4 is 5.32 Å². The zero-order valence-electron chi connectivity index (χ0n) is 19.0. The zero-order valence-corrected chi connectivity index (χ0v) is 19.0. The molecule has 1 amide bonds. The maximum atomic E-state index is 14.8. The molecule has 1 fully saturated rings. The third kappa shape index (κ3) is 4.14. The molecule has 0 spiro atoms. The highest BCUT2D eigenvalue weighted by Crippen LogP contribution is 2.31. The lowest BCUT2D eigenvalue weighted by Gasteiger charge is -2.27. The molecule has 1 aliphatic rings. The van der Waals surface area contributed by atoms with Crippen molar-refractivity contribution in [1.82, 2.24) is 29.5 Å². The Morgan fingerprint density at radius 3 is 2.63 bits per heavy atom. The summed E-state index contributed by atoms with van der Waals surface area (Å²) in [4.78, 5) is 28.2. The number of pyridine rings is 1. The Morgan fingerprint density at radius 2 is 1.89 bits per heavy atom. The Balaban J connectivity index is 1.61. The molecule has 5 rings (SSSR count). The van der Waals surface area contributed by atoms with Gasteiger partial charge in [-0.1, -0.05) is 18.2 Å². The number of alkyl halides is 2. The Kier molecular flexibility index (Phi) is 5.97. The number of hydrogen-bond donors (Lipinski definition) is 1. The minimum absolute atomic E-state index is 0.0682. The van der Waals surface area contributed by atoms with Gasteiger partial charge in [0.25, 0.3) is 12.3 Å².